The summed E-state index contributed by atoms with van der Waals surface area (Å²) >= 11 is 0. The molecule has 0 aliphatic carbocycles. The third-order valence-corrected chi connectivity index (χ3v) is 4.85. The molecule has 1 saturated heterocycles. The molecule has 0 aromatic carbocycles. The fourth-order valence-corrected chi connectivity index (χ4v) is 3.43. The highest BCUT2D eigenvalue weighted by Crippen LogP contribution is 2.27. The summed E-state index contributed by atoms with van der Waals surface area (Å²) in [5.74, 6) is 0.820. The number of likely N-dealkylation sites (tertiary alicyclic amines) is 1. The molecule has 4 heterocycles. The summed E-state index contributed by atoms with van der Waals surface area (Å²) in [5.41, 5.74) is 1.21. The lowest BCUT2D eigenvalue weighted by Gasteiger charge is -2.32. The Labute approximate surface area is 155 Å². The average Bonchev–Trinajstić information content (AvgIpc) is 3.21. The number of pyridine rings is 1. The Kier molecular flexibility index (Phi) is 4.35. The fourth-order valence-electron chi connectivity index (χ4n) is 3.43. The highest BCUT2D eigenvalue weighted by molar-refractivity contribution is 5.90. The molecule has 3 aromatic heterocycles. The van der Waals surface area contributed by atoms with Gasteiger partial charge < -0.3 is 19.8 Å². The van der Waals surface area contributed by atoms with E-state index in [1.54, 1.807) is 28.4 Å². The lowest BCUT2D eigenvalue weighted by molar-refractivity contribution is 0.0694. The molecule has 1 atom stereocenters. The first-order valence-electron chi connectivity index (χ1n) is 8.89. The summed E-state index contributed by atoms with van der Waals surface area (Å²) in [4.78, 5) is 47.2. The molecule has 140 valence electrons. The average molecular weight is 367 g/mol. The molecule has 1 aliphatic rings. The highest BCUT2D eigenvalue weighted by Gasteiger charge is 2.27. The summed E-state index contributed by atoms with van der Waals surface area (Å²) in [5, 5.41) is 0.462. The van der Waals surface area contributed by atoms with Crippen LogP contribution in [0.2, 0.25) is 0 Å². The Hall–Kier alpha value is -3.23. The molecule has 2 N–H and O–H groups in total. The number of carbonyl (C=O) groups is 1. The topological polar surface area (TPSA) is 111 Å². The van der Waals surface area contributed by atoms with E-state index < -0.39 is 0 Å². The number of rotatable bonds is 3. The Bertz CT molecular complexity index is 1030. The number of hydrogen-bond donors (Lipinski definition) is 2. The maximum Gasteiger partial charge on any atom is 0.289 e. The van der Waals surface area contributed by atoms with Crippen molar-refractivity contribution in [1.29, 1.82) is 0 Å². The number of imidazole rings is 1. The van der Waals surface area contributed by atoms with E-state index in [2.05, 4.69) is 24.9 Å². The summed E-state index contributed by atoms with van der Waals surface area (Å²) in [6.07, 6.45) is 6.52. The van der Waals surface area contributed by atoms with Crippen molar-refractivity contribution in [3.8, 4) is 0 Å². The van der Waals surface area contributed by atoms with E-state index in [1.807, 2.05) is 20.2 Å². The zero-order valence-corrected chi connectivity index (χ0v) is 15.3. The van der Waals surface area contributed by atoms with E-state index in [9.17, 15) is 9.59 Å². The van der Waals surface area contributed by atoms with Gasteiger partial charge >= 0.3 is 0 Å². The minimum atomic E-state index is -0.206. The fraction of sp³-hybridized carbons (Fsp3) is 0.389. The van der Waals surface area contributed by atoms with Gasteiger partial charge in [-0.15, -0.1) is 0 Å². The van der Waals surface area contributed by atoms with Gasteiger partial charge in [-0.1, -0.05) is 0 Å². The molecule has 0 unspecified atom stereocenters. The van der Waals surface area contributed by atoms with Gasteiger partial charge in [0.25, 0.3) is 11.5 Å². The minimum Gasteiger partial charge on any atom is -0.347 e. The number of aromatic amines is 2. The number of carbonyl (C=O) groups excluding carboxylic acids is 1. The quantitative estimate of drug-likeness (QED) is 0.718. The number of nitrogens with one attached hydrogen (secondary N) is 2. The van der Waals surface area contributed by atoms with Crippen molar-refractivity contribution in [3.05, 3.63) is 46.5 Å². The molecular formula is C18H21N7O2. The Morgan fingerprint density at radius 3 is 2.93 bits per heavy atom. The predicted molar refractivity (Wildman–Crippen MR) is 101 cm³/mol. The molecule has 0 radical (unpaired) electrons. The number of amides is 1. The van der Waals surface area contributed by atoms with Crippen molar-refractivity contribution in [1.82, 2.24) is 29.8 Å². The number of hydrogen-bond acceptors (Lipinski definition) is 6. The lowest BCUT2D eigenvalue weighted by atomic mass is 9.94. The van der Waals surface area contributed by atoms with Gasteiger partial charge in [0, 0.05) is 57.4 Å². The van der Waals surface area contributed by atoms with Crippen molar-refractivity contribution in [2.75, 3.05) is 32.1 Å². The van der Waals surface area contributed by atoms with Gasteiger partial charge in [0.1, 0.15) is 0 Å². The first-order valence-corrected chi connectivity index (χ1v) is 8.89. The predicted octanol–water partition coefficient (Wildman–Crippen LogP) is 1.13. The molecule has 3 aromatic rings. The van der Waals surface area contributed by atoms with Crippen molar-refractivity contribution in [3.63, 3.8) is 0 Å². The normalized spacial score (nSPS) is 17.3. The van der Waals surface area contributed by atoms with Crippen molar-refractivity contribution in [2.24, 2.45) is 0 Å². The van der Waals surface area contributed by atoms with Crippen LogP contribution in [0, 0.1) is 0 Å². The standard InChI is InChI=1S/C18H21N7O2/c1-24(2)18-21-9-12-14(23-18)8-13(22-16(12)26)11-4-3-7-25(10-11)17(27)15-19-5-6-20-15/h5-6,8-9,11H,3-4,7,10H2,1-2H3,(H,19,20)(H,22,26)/t11-/m0/s1. The number of nitrogens with zero attached hydrogens (tertiary/aromatic N) is 5. The third kappa shape index (κ3) is 3.27. The van der Waals surface area contributed by atoms with Crippen LogP contribution < -0.4 is 10.5 Å². The van der Waals surface area contributed by atoms with Gasteiger partial charge in [-0.3, -0.25) is 9.59 Å². The van der Waals surface area contributed by atoms with Crippen LogP contribution in [0.4, 0.5) is 5.95 Å². The summed E-state index contributed by atoms with van der Waals surface area (Å²) in [6.45, 7) is 1.22. The molecular weight excluding hydrogens is 346 g/mol. The van der Waals surface area contributed by atoms with Crippen LogP contribution in [-0.4, -0.2) is 62.9 Å². The second-order valence-corrected chi connectivity index (χ2v) is 6.95. The maximum absolute atomic E-state index is 12.6. The highest BCUT2D eigenvalue weighted by atomic mass is 16.2. The second-order valence-electron chi connectivity index (χ2n) is 6.95. The summed E-state index contributed by atoms with van der Waals surface area (Å²) in [6, 6.07) is 1.90. The van der Waals surface area contributed by atoms with E-state index in [0.717, 1.165) is 18.5 Å². The van der Waals surface area contributed by atoms with E-state index >= 15 is 0 Å². The Balaban J connectivity index is 1.64. The van der Waals surface area contributed by atoms with Crippen LogP contribution in [-0.2, 0) is 0 Å². The third-order valence-electron chi connectivity index (χ3n) is 4.85. The van der Waals surface area contributed by atoms with Gasteiger partial charge in [0.05, 0.1) is 10.9 Å². The number of piperidine rings is 1. The molecule has 9 nitrogen and oxygen atoms in total. The van der Waals surface area contributed by atoms with Crippen LogP contribution in [0.1, 0.15) is 35.1 Å². The molecule has 0 bridgehead atoms. The van der Waals surface area contributed by atoms with Gasteiger partial charge in [-0.25, -0.2) is 15.0 Å². The van der Waals surface area contributed by atoms with Crippen LogP contribution in [0.5, 0.6) is 0 Å². The number of aromatic nitrogens is 5. The molecule has 0 spiro atoms. The van der Waals surface area contributed by atoms with Crippen molar-refractivity contribution >= 4 is 22.8 Å². The smallest absolute Gasteiger partial charge is 0.289 e. The van der Waals surface area contributed by atoms with E-state index in [1.165, 1.54) is 0 Å². The summed E-state index contributed by atoms with van der Waals surface area (Å²) in [7, 11) is 3.71. The zero-order valence-electron chi connectivity index (χ0n) is 15.3. The van der Waals surface area contributed by atoms with E-state index in [0.29, 0.717) is 35.8 Å². The van der Waals surface area contributed by atoms with Crippen molar-refractivity contribution in [2.45, 2.75) is 18.8 Å². The van der Waals surface area contributed by atoms with E-state index in [4.69, 9.17) is 0 Å². The monoisotopic (exact) mass is 367 g/mol. The molecule has 4 rings (SSSR count). The van der Waals surface area contributed by atoms with Gasteiger partial charge in [-0.2, -0.15) is 0 Å². The molecule has 0 saturated carbocycles. The molecule has 27 heavy (non-hydrogen) atoms. The zero-order chi connectivity index (χ0) is 19.0. The van der Waals surface area contributed by atoms with Crippen molar-refractivity contribution < 1.29 is 4.79 Å². The summed E-state index contributed by atoms with van der Waals surface area (Å²) < 4.78 is 0. The Morgan fingerprint density at radius 2 is 2.19 bits per heavy atom. The number of fused-ring (bicyclic) bond motifs is 1. The van der Waals surface area contributed by atoms with Crippen LogP contribution >= 0.6 is 0 Å². The lowest BCUT2D eigenvalue weighted by Crippen LogP contribution is -2.40. The second kappa shape index (κ2) is 6.82. The largest absolute Gasteiger partial charge is 0.347 e. The maximum atomic E-state index is 12.6. The van der Waals surface area contributed by atoms with Gasteiger partial charge in [0.2, 0.25) is 5.95 Å². The number of anilines is 1. The molecule has 1 amide bonds. The van der Waals surface area contributed by atoms with E-state index in [-0.39, 0.29) is 17.4 Å². The first kappa shape index (κ1) is 17.2. The van der Waals surface area contributed by atoms with Crippen LogP contribution in [0.3, 0.4) is 0 Å². The van der Waals surface area contributed by atoms with Crippen LogP contribution in [0.25, 0.3) is 10.9 Å². The minimum absolute atomic E-state index is 0.0486. The van der Waals surface area contributed by atoms with Gasteiger partial charge in [-0.05, 0) is 18.9 Å². The molecule has 1 aliphatic heterocycles. The van der Waals surface area contributed by atoms with Gasteiger partial charge in [0.15, 0.2) is 5.82 Å². The number of H-pyrrole nitrogens is 2. The Morgan fingerprint density at radius 1 is 1.33 bits per heavy atom. The van der Waals surface area contributed by atoms with Crippen LogP contribution in [0.15, 0.2) is 29.5 Å². The molecule has 1 fully saturated rings. The molecule has 9 heteroatoms. The SMILES string of the molecule is CN(C)c1ncc2c(=O)[nH]c([C@H]3CCCN(C(=O)c4ncc[nH]4)C3)cc2n1. The first-order chi connectivity index (χ1) is 13.0.